The normalized spacial score (nSPS) is 12.4. The average Bonchev–Trinajstić information content (AvgIpc) is 2.83. The van der Waals surface area contributed by atoms with Gasteiger partial charge in [0.05, 0.1) is 12.7 Å². The number of phenols is 1. The van der Waals surface area contributed by atoms with E-state index in [1.54, 1.807) is 12.1 Å². The van der Waals surface area contributed by atoms with Gasteiger partial charge >= 0.3 is 0 Å². The van der Waals surface area contributed by atoms with Crippen LogP contribution in [0.3, 0.4) is 0 Å². The lowest BCUT2D eigenvalue weighted by molar-refractivity contribution is 0.0950. The van der Waals surface area contributed by atoms with Gasteiger partial charge in [-0.05, 0) is 80.6 Å². The van der Waals surface area contributed by atoms with E-state index in [1.807, 2.05) is 52.0 Å². The van der Waals surface area contributed by atoms with E-state index in [0.717, 1.165) is 16.7 Å². The molecule has 0 radical (unpaired) electrons. The summed E-state index contributed by atoms with van der Waals surface area (Å²) in [6, 6.07) is 18.6. The van der Waals surface area contributed by atoms with Crippen LogP contribution >= 0.6 is 0 Å². The first-order valence-corrected chi connectivity index (χ1v) is 11.9. The third kappa shape index (κ3) is 7.39. The Bertz CT molecular complexity index is 1170. The van der Waals surface area contributed by atoms with Gasteiger partial charge in [-0.15, -0.1) is 0 Å². The van der Waals surface area contributed by atoms with Crippen molar-refractivity contribution in [1.82, 2.24) is 10.6 Å². The molecule has 6 heteroatoms. The van der Waals surface area contributed by atoms with Gasteiger partial charge in [-0.1, -0.05) is 42.0 Å². The molecule has 6 nitrogen and oxygen atoms in total. The Kier molecular flexibility index (Phi) is 8.67. The number of carbonyl (C=O) groups excluding carboxylic acids is 1. The van der Waals surface area contributed by atoms with Crippen molar-refractivity contribution in [2.24, 2.45) is 0 Å². The van der Waals surface area contributed by atoms with Gasteiger partial charge in [-0.3, -0.25) is 4.79 Å². The second kappa shape index (κ2) is 11.5. The molecule has 3 aromatic carbocycles. The van der Waals surface area contributed by atoms with E-state index in [9.17, 15) is 20.1 Å². The molecule has 0 aliphatic heterocycles. The lowest BCUT2D eigenvalue weighted by Crippen LogP contribution is -2.43. The Balaban J connectivity index is 1.59. The first kappa shape index (κ1) is 26.4. The van der Waals surface area contributed by atoms with Crippen LogP contribution in [0.1, 0.15) is 63.7 Å². The van der Waals surface area contributed by atoms with Crippen LogP contribution in [0, 0.1) is 13.8 Å². The van der Waals surface area contributed by atoms with Crippen molar-refractivity contribution in [3.8, 4) is 5.75 Å². The Labute approximate surface area is 207 Å². The second-order valence-electron chi connectivity index (χ2n) is 9.82. The monoisotopic (exact) mass is 476 g/mol. The van der Waals surface area contributed by atoms with Crippen LogP contribution in [-0.4, -0.2) is 33.3 Å². The number of nitrogens with one attached hydrogen (secondary N) is 2. The minimum atomic E-state index is -0.789. The number of carbonyl (C=O) groups is 1. The molecule has 0 aliphatic rings. The summed E-state index contributed by atoms with van der Waals surface area (Å²) in [6.45, 7) is 8.67. The summed E-state index contributed by atoms with van der Waals surface area (Å²) in [6.07, 6.45) is -0.127. The van der Waals surface area contributed by atoms with E-state index in [0.29, 0.717) is 36.2 Å². The molecule has 3 rings (SSSR count). The second-order valence-corrected chi connectivity index (χ2v) is 9.82. The van der Waals surface area contributed by atoms with Gasteiger partial charge in [0.15, 0.2) is 0 Å². The topological polar surface area (TPSA) is 102 Å². The highest BCUT2D eigenvalue weighted by Crippen LogP contribution is 2.23. The molecule has 0 fully saturated rings. The zero-order chi connectivity index (χ0) is 25.6. The number of hydrogen-bond acceptors (Lipinski definition) is 5. The molecule has 35 heavy (non-hydrogen) atoms. The van der Waals surface area contributed by atoms with Crippen LogP contribution in [0.15, 0.2) is 60.7 Å². The van der Waals surface area contributed by atoms with Gasteiger partial charge in [0, 0.05) is 29.8 Å². The van der Waals surface area contributed by atoms with Crippen molar-refractivity contribution in [2.75, 3.05) is 6.54 Å². The SMILES string of the molecule is Cc1ccc(C)c(CNC(=O)c2cccc(CC(C)(C)NC[C@H](O)c3ccc(O)c(CO)c3)c2)c1. The Morgan fingerprint density at radius 2 is 1.77 bits per heavy atom. The summed E-state index contributed by atoms with van der Waals surface area (Å²) in [7, 11) is 0. The number of hydrogen-bond donors (Lipinski definition) is 5. The summed E-state index contributed by atoms with van der Waals surface area (Å²) in [5.41, 5.74) is 5.73. The summed E-state index contributed by atoms with van der Waals surface area (Å²) in [5, 5.41) is 36.1. The van der Waals surface area contributed by atoms with Gasteiger partial charge in [0.25, 0.3) is 5.91 Å². The summed E-state index contributed by atoms with van der Waals surface area (Å²) in [4.78, 5) is 12.8. The molecule has 0 unspecified atom stereocenters. The van der Waals surface area contributed by atoms with Crippen molar-refractivity contribution in [1.29, 1.82) is 0 Å². The number of aliphatic hydroxyl groups excluding tert-OH is 2. The number of aliphatic hydroxyl groups is 2. The molecule has 0 heterocycles. The van der Waals surface area contributed by atoms with Crippen molar-refractivity contribution in [3.63, 3.8) is 0 Å². The number of aromatic hydroxyl groups is 1. The Morgan fingerprint density at radius 1 is 1.00 bits per heavy atom. The van der Waals surface area contributed by atoms with Gasteiger partial charge in [-0.2, -0.15) is 0 Å². The lowest BCUT2D eigenvalue weighted by Gasteiger charge is -2.28. The molecule has 0 aromatic heterocycles. The van der Waals surface area contributed by atoms with Crippen LogP contribution in [0.4, 0.5) is 0 Å². The lowest BCUT2D eigenvalue weighted by atomic mass is 9.93. The molecule has 0 spiro atoms. The third-order valence-electron chi connectivity index (χ3n) is 6.21. The smallest absolute Gasteiger partial charge is 0.251 e. The fraction of sp³-hybridized carbons (Fsp3) is 0.345. The highest BCUT2D eigenvalue weighted by atomic mass is 16.3. The zero-order valence-electron chi connectivity index (χ0n) is 20.9. The molecule has 0 bridgehead atoms. The van der Waals surface area contributed by atoms with E-state index in [-0.39, 0.29) is 23.8 Å². The quantitative estimate of drug-likeness (QED) is 0.304. The Hall–Kier alpha value is -3.19. The molecule has 186 valence electrons. The fourth-order valence-corrected chi connectivity index (χ4v) is 4.09. The van der Waals surface area contributed by atoms with Crippen LogP contribution in [0.25, 0.3) is 0 Å². The third-order valence-corrected chi connectivity index (χ3v) is 6.21. The molecule has 5 N–H and O–H groups in total. The minimum Gasteiger partial charge on any atom is -0.508 e. The van der Waals surface area contributed by atoms with E-state index in [2.05, 4.69) is 28.8 Å². The number of rotatable bonds is 10. The maximum atomic E-state index is 12.8. The molecule has 0 saturated heterocycles. The van der Waals surface area contributed by atoms with Gasteiger partial charge in [0.2, 0.25) is 0 Å². The standard InChI is InChI=1S/C29H36N2O4/c1-19-8-9-20(2)24(12-19)16-30-28(35)23-7-5-6-21(13-23)15-29(3,4)31-17-27(34)22-10-11-26(33)25(14-22)18-32/h5-14,27,31-34H,15-18H2,1-4H3,(H,30,35)/t27-/m0/s1. The van der Waals surface area contributed by atoms with Gasteiger partial charge < -0.3 is 26.0 Å². The van der Waals surface area contributed by atoms with E-state index >= 15 is 0 Å². The zero-order valence-corrected chi connectivity index (χ0v) is 20.9. The maximum Gasteiger partial charge on any atom is 0.251 e. The average molecular weight is 477 g/mol. The van der Waals surface area contributed by atoms with Gasteiger partial charge in [-0.25, -0.2) is 0 Å². The summed E-state index contributed by atoms with van der Waals surface area (Å²) >= 11 is 0. The van der Waals surface area contributed by atoms with Crippen molar-refractivity contribution in [3.05, 3.63) is 99.6 Å². The van der Waals surface area contributed by atoms with E-state index in [4.69, 9.17) is 0 Å². The number of β-amino-alcohol motifs (C(OH)–C–C–N with tert-alkyl or cyclic N) is 1. The molecule has 0 saturated carbocycles. The first-order valence-electron chi connectivity index (χ1n) is 11.9. The van der Waals surface area contributed by atoms with Crippen molar-refractivity contribution >= 4 is 5.91 Å². The van der Waals surface area contributed by atoms with E-state index in [1.165, 1.54) is 11.6 Å². The van der Waals surface area contributed by atoms with Crippen LogP contribution < -0.4 is 10.6 Å². The van der Waals surface area contributed by atoms with Crippen molar-refractivity contribution < 1.29 is 20.1 Å². The minimum absolute atomic E-state index is 0.00896. The predicted molar refractivity (Wildman–Crippen MR) is 138 cm³/mol. The Morgan fingerprint density at radius 3 is 2.51 bits per heavy atom. The highest BCUT2D eigenvalue weighted by Gasteiger charge is 2.21. The first-order chi connectivity index (χ1) is 16.6. The maximum absolute atomic E-state index is 12.8. The fourth-order valence-electron chi connectivity index (χ4n) is 4.09. The van der Waals surface area contributed by atoms with E-state index < -0.39 is 6.10 Å². The summed E-state index contributed by atoms with van der Waals surface area (Å²) in [5.74, 6) is -0.101. The molecule has 1 atom stereocenters. The molecule has 1 amide bonds. The summed E-state index contributed by atoms with van der Waals surface area (Å²) < 4.78 is 0. The van der Waals surface area contributed by atoms with Crippen LogP contribution in [0.2, 0.25) is 0 Å². The van der Waals surface area contributed by atoms with Crippen molar-refractivity contribution in [2.45, 2.75) is 58.9 Å². The molecule has 0 aliphatic carbocycles. The number of amides is 1. The molecule has 3 aromatic rings. The van der Waals surface area contributed by atoms with Crippen LogP contribution in [0.5, 0.6) is 5.75 Å². The van der Waals surface area contributed by atoms with Gasteiger partial charge in [0.1, 0.15) is 5.75 Å². The molecular weight excluding hydrogens is 440 g/mol. The number of aryl methyl sites for hydroxylation is 2. The largest absolute Gasteiger partial charge is 0.508 e. The molecular formula is C29H36N2O4. The predicted octanol–water partition coefficient (Wildman–Crippen LogP) is 4.08. The number of benzene rings is 3. The highest BCUT2D eigenvalue weighted by molar-refractivity contribution is 5.94. The van der Waals surface area contributed by atoms with Crippen LogP contribution in [-0.2, 0) is 19.6 Å².